The molecule has 0 aliphatic heterocycles. The van der Waals surface area contributed by atoms with Crippen LogP contribution in [0.2, 0.25) is 5.02 Å². The van der Waals surface area contributed by atoms with Crippen LogP contribution >= 0.6 is 23.4 Å². The van der Waals surface area contributed by atoms with Gasteiger partial charge < -0.3 is 10.2 Å². The standard InChI is InChI=1S/C10H11ClN2O5S/c1-5(14)19-4-8(15)10(16)6-2-12-3-7(9(6)11)13(17)18/h2-3,8,10,15-16H,4H2,1H3. The summed E-state index contributed by atoms with van der Waals surface area (Å²) in [6.45, 7) is 1.33. The third kappa shape index (κ3) is 4.13. The van der Waals surface area contributed by atoms with Crippen molar-refractivity contribution in [2.24, 2.45) is 0 Å². The highest BCUT2D eigenvalue weighted by molar-refractivity contribution is 8.13. The van der Waals surface area contributed by atoms with E-state index in [1.807, 2.05) is 0 Å². The van der Waals surface area contributed by atoms with Gasteiger partial charge in [0.1, 0.15) is 17.3 Å². The molecule has 7 nitrogen and oxygen atoms in total. The molecule has 0 spiro atoms. The van der Waals surface area contributed by atoms with Crippen molar-refractivity contribution in [2.45, 2.75) is 19.1 Å². The Morgan fingerprint density at radius 2 is 2.21 bits per heavy atom. The molecule has 0 aliphatic carbocycles. The molecule has 19 heavy (non-hydrogen) atoms. The van der Waals surface area contributed by atoms with Gasteiger partial charge in [-0.3, -0.25) is 19.9 Å². The molecule has 9 heteroatoms. The molecule has 0 saturated heterocycles. The zero-order valence-electron chi connectivity index (χ0n) is 9.82. The number of aromatic nitrogens is 1. The van der Waals surface area contributed by atoms with Gasteiger partial charge in [0.15, 0.2) is 5.12 Å². The van der Waals surface area contributed by atoms with Crippen LogP contribution < -0.4 is 0 Å². The summed E-state index contributed by atoms with van der Waals surface area (Å²) >= 11 is 6.61. The van der Waals surface area contributed by atoms with E-state index >= 15 is 0 Å². The van der Waals surface area contributed by atoms with Crippen LogP contribution in [0.5, 0.6) is 0 Å². The second kappa shape index (κ2) is 6.80. The maximum atomic E-state index is 10.8. The smallest absolute Gasteiger partial charge is 0.306 e. The Hall–Kier alpha value is -1.22. The molecule has 104 valence electrons. The molecule has 1 heterocycles. The van der Waals surface area contributed by atoms with E-state index in [1.54, 1.807) is 0 Å². The van der Waals surface area contributed by atoms with Gasteiger partial charge in [-0.2, -0.15) is 0 Å². The normalized spacial score (nSPS) is 13.9. The maximum Gasteiger partial charge on any atom is 0.306 e. The lowest BCUT2D eigenvalue weighted by Crippen LogP contribution is -2.22. The lowest BCUT2D eigenvalue weighted by Gasteiger charge is -2.17. The van der Waals surface area contributed by atoms with E-state index < -0.39 is 22.8 Å². The summed E-state index contributed by atoms with van der Waals surface area (Å²) in [5.41, 5.74) is -0.503. The fourth-order valence-corrected chi connectivity index (χ4v) is 2.15. The van der Waals surface area contributed by atoms with Crippen LogP contribution in [0.25, 0.3) is 0 Å². The monoisotopic (exact) mass is 306 g/mol. The summed E-state index contributed by atoms with van der Waals surface area (Å²) in [5, 5.41) is 29.7. The zero-order valence-corrected chi connectivity index (χ0v) is 11.4. The fraction of sp³-hybridized carbons (Fsp3) is 0.400. The molecule has 0 aliphatic rings. The molecule has 0 bridgehead atoms. The number of aliphatic hydroxyl groups is 2. The minimum absolute atomic E-state index is 0.0461. The first-order valence-electron chi connectivity index (χ1n) is 5.12. The minimum atomic E-state index is -1.45. The van der Waals surface area contributed by atoms with Crippen molar-refractivity contribution in [3.63, 3.8) is 0 Å². The molecule has 2 atom stereocenters. The number of aliphatic hydroxyl groups excluding tert-OH is 2. The molecule has 2 N–H and O–H groups in total. The average molecular weight is 307 g/mol. The van der Waals surface area contributed by atoms with Crippen molar-refractivity contribution < 1.29 is 19.9 Å². The molecule has 2 unspecified atom stereocenters. The number of carbonyl (C=O) groups is 1. The largest absolute Gasteiger partial charge is 0.389 e. The SMILES string of the molecule is CC(=O)SCC(O)C(O)c1cncc([N+](=O)[O-])c1Cl. The first-order valence-corrected chi connectivity index (χ1v) is 6.48. The van der Waals surface area contributed by atoms with Crippen LogP contribution in [0.15, 0.2) is 12.4 Å². The van der Waals surface area contributed by atoms with Crippen LogP contribution in [-0.4, -0.2) is 37.1 Å². The van der Waals surface area contributed by atoms with E-state index in [4.69, 9.17) is 11.6 Å². The summed E-state index contributed by atoms with van der Waals surface area (Å²) in [4.78, 5) is 24.3. The lowest BCUT2D eigenvalue weighted by atomic mass is 10.1. The summed E-state index contributed by atoms with van der Waals surface area (Å²) in [6, 6.07) is 0. The Morgan fingerprint density at radius 3 is 2.74 bits per heavy atom. The molecular formula is C10H11ClN2O5S. The van der Waals surface area contributed by atoms with Crippen LogP contribution in [0.3, 0.4) is 0 Å². The molecule has 0 aromatic carbocycles. The quantitative estimate of drug-likeness (QED) is 0.623. The van der Waals surface area contributed by atoms with Crippen molar-refractivity contribution in [3.8, 4) is 0 Å². The zero-order chi connectivity index (χ0) is 14.6. The Bertz CT molecular complexity index is 499. The highest BCUT2D eigenvalue weighted by Crippen LogP contribution is 2.32. The van der Waals surface area contributed by atoms with Crippen LogP contribution in [0, 0.1) is 10.1 Å². The van der Waals surface area contributed by atoms with Gasteiger partial charge in [0.05, 0.1) is 11.0 Å². The molecular weight excluding hydrogens is 296 g/mol. The highest BCUT2D eigenvalue weighted by Gasteiger charge is 2.26. The molecule has 1 aromatic heterocycles. The number of carbonyl (C=O) groups excluding carboxylic acids is 1. The van der Waals surface area contributed by atoms with Gasteiger partial charge in [-0.1, -0.05) is 23.4 Å². The van der Waals surface area contributed by atoms with Crippen molar-refractivity contribution in [1.29, 1.82) is 0 Å². The summed E-state index contributed by atoms with van der Waals surface area (Å²) < 4.78 is 0. The second-order valence-corrected chi connectivity index (χ2v) is 5.21. The van der Waals surface area contributed by atoms with Crippen molar-refractivity contribution in [2.75, 3.05) is 5.75 Å². The molecule has 0 radical (unpaired) electrons. The van der Waals surface area contributed by atoms with E-state index in [2.05, 4.69) is 4.98 Å². The van der Waals surface area contributed by atoms with E-state index in [1.165, 1.54) is 6.92 Å². The van der Waals surface area contributed by atoms with Crippen LogP contribution in [0.1, 0.15) is 18.6 Å². The third-order valence-electron chi connectivity index (χ3n) is 2.23. The molecule has 0 fully saturated rings. The Kier molecular flexibility index (Phi) is 5.67. The van der Waals surface area contributed by atoms with Crippen LogP contribution in [-0.2, 0) is 4.79 Å². The van der Waals surface area contributed by atoms with Gasteiger partial charge in [0.25, 0.3) is 0 Å². The number of pyridine rings is 1. The van der Waals surface area contributed by atoms with Crippen molar-refractivity contribution in [3.05, 3.63) is 33.1 Å². The molecule has 0 saturated carbocycles. The number of nitro groups is 1. The molecule has 0 amide bonds. The van der Waals surface area contributed by atoms with Crippen molar-refractivity contribution in [1.82, 2.24) is 4.98 Å². The predicted molar refractivity (Wildman–Crippen MR) is 70.0 cm³/mol. The third-order valence-corrected chi connectivity index (χ3v) is 3.55. The number of halogens is 1. The van der Waals surface area contributed by atoms with E-state index in [0.29, 0.717) is 0 Å². The highest BCUT2D eigenvalue weighted by atomic mass is 35.5. The Morgan fingerprint density at radius 1 is 1.58 bits per heavy atom. The number of hydrogen-bond donors (Lipinski definition) is 2. The van der Waals surface area contributed by atoms with E-state index in [0.717, 1.165) is 24.2 Å². The van der Waals surface area contributed by atoms with Gasteiger partial charge in [0.2, 0.25) is 0 Å². The molecule has 1 aromatic rings. The van der Waals surface area contributed by atoms with Crippen molar-refractivity contribution >= 4 is 34.2 Å². The van der Waals surface area contributed by atoms with Gasteiger partial charge >= 0.3 is 5.69 Å². The van der Waals surface area contributed by atoms with Gasteiger partial charge in [-0.05, 0) is 0 Å². The number of nitrogens with zero attached hydrogens (tertiary/aromatic N) is 2. The van der Waals surface area contributed by atoms with Crippen LogP contribution in [0.4, 0.5) is 5.69 Å². The number of thioether (sulfide) groups is 1. The Balaban J connectivity index is 2.93. The topological polar surface area (TPSA) is 114 Å². The summed E-state index contributed by atoms with van der Waals surface area (Å²) in [7, 11) is 0. The summed E-state index contributed by atoms with van der Waals surface area (Å²) in [5.74, 6) is -0.0461. The minimum Gasteiger partial charge on any atom is -0.389 e. The predicted octanol–water partition coefficient (Wildman–Crippen LogP) is 1.32. The van der Waals surface area contributed by atoms with Gasteiger partial charge in [-0.25, -0.2) is 0 Å². The maximum absolute atomic E-state index is 10.8. The first-order chi connectivity index (χ1) is 8.84. The van der Waals surface area contributed by atoms with E-state index in [9.17, 15) is 25.1 Å². The Labute approximate surface area is 117 Å². The number of hydrogen-bond acceptors (Lipinski definition) is 7. The van der Waals surface area contributed by atoms with Gasteiger partial charge in [0, 0.05) is 24.4 Å². The number of rotatable bonds is 5. The summed E-state index contributed by atoms with van der Waals surface area (Å²) in [6.07, 6.45) is -0.640. The molecule has 1 rings (SSSR count). The lowest BCUT2D eigenvalue weighted by molar-refractivity contribution is -0.385. The van der Waals surface area contributed by atoms with E-state index in [-0.39, 0.29) is 21.5 Å². The second-order valence-electron chi connectivity index (χ2n) is 3.63. The first kappa shape index (κ1) is 15.8. The average Bonchev–Trinajstić information content (AvgIpc) is 2.34. The fourth-order valence-electron chi connectivity index (χ4n) is 1.28. The van der Waals surface area contributed by atoms with Gasteiger partial charge in [-0.15, -0.1) is 0 Å².